The average molecular weight is 488 g/mol. The molecule has 0 unspecified atom stereocenters. The number of fused-ring (bicyclic) bond motifs is 1. The van der Waals surface area contributed by atoms with Gasteiger partial charge in [0.25, 0.3) is 0 Å². The van der Waals surface area contributed by atoms with Gasteiger partial charge >= 0.3 is 11.9 Å². The Morgan fingerprint density at radius 1 is 0.893 bits per heavy atom. The highest BCUT2D eigenvalue weighted by Gasteiger charge is 2.18. The van der Waals surface area contributed by atoms with Crippen molar-refractivity contribution in [2.75, 3.05) is 0 Å². The number of aromatic carboxylic acids is 1. The van der Waals surface area contributed by atoms with Crippen LogP contribution in [0.4, 0.5) is 0 Å². The topological polar surface area (TPSA) is 63.6 Å². The van der Waals surface area contributed by atoms with Gasteiger partial charge in [0.1, 0.15) is 6.61 Å². The number of hydrogen-bond donors (Lipinski definition) is 1. The quantitative estimate of drug-likeness (QED) is 0.355. The minimum Gasteiger partial charge on any atom is -0.478 e. The summed E-state index contributed by atoms with van der Waals surface area (Å²) in [6.07, 6.45) is 0. The molecule has 0 bridgehead atoms. The van der Waals surface area contributed by atoms with Gasteiger partial charge in [-0.25, -0.2) is 9.59 Å². The van der Waals surface area contributed by atoms with E-state index in [9.17, 15) is 9.59 Å². The number of hydrogen-bond acceptors (Lipinski definition) is 3. The zero-order valence-corrected chi connectivity index (χ0v) is 17.8. The Balaban J connectivity index is 0.000000151. The normalized spacial score (nSPS) is 11.2. The number of esters is 1. The number of carbonyl (C=O) groups is 2. The SMILES string of the molecule is Cc1ccccc1C(=O)O.Cc1ccccc1I.O=C1OCc2ccccc21. The van der Waals surface area contributed by atoms with Crippen LogP contribution in [0.15, 0.2) is 72.8 Å². The van der Waals surface area contributed by atoms with Gasteiger partial charge in [0.15, 0.2) is 0 Å². The summed E-state index contributed by atoms with van der Waals surface area (Å²) in [5.41, 5.74) is 4.24. The van der Waals surface area contributed by atoms with E-state index in [1.807, 2.05) is 24.3 Å². The van der Waals surface area contributed by atoms with Crippen molar-refractivity contribution in [1.29, 1.82) is 0 Å². The summed E-state index contributed by atoms with van der Waals surface area (Å²) in [5, 5.41) is 8.57. The molecule has 0 saturated carbocycles. The second-order valence-electron chi connectivity index (χ2n) is 6.10. The molecular weight excluding hydrogens is 467 g/mol. The second kappa shape index (κ2) is 10.6. The number of carboxylic acids is 1. The lowest BCUT2D eigenvalue weighted by atomic mass is 10.1. The largest absolute Gasteiger partial charge is 0.478 e. The van der Waals surface area contributed by atoms with Crippen molar-refractivity contribution in [3.8, 4) is 0 Å². The monoisotopic (exact) mass is 488 g/mol. The summed E-state index contributed by atoms with van der Waals surface area (Å²) in [4.78, 5) is 21.3. The van der Waals surface area contributed by atoms with E-state index in [0.717, 1.165) is 11.1 Å². The smallest absolute Gasteiger partial charge is 0.338 e. The highest BCUT2D eigenvalue weighted by molar-refractivity contribution is 14.1. The Labute approximate surface area is 178 Å². The molecule has 28 heavy (non-hydrogen) atoms. The first kappa shape index (κ1) is 21.6. The standard InChI is InChI=1S/C8H6O2.C8H8O2.C7H7I/c9-8-7-4-2-1-3-6(7)5-10-8;1-6-4-2-3-5-7(6)8(9)10;1-6-4-2-3-5-7(6)8/h1-4H,5H2;2-5H,1H3,(H,9,10);2-5H,1H3. The van der Waals surface area contributed by atoms with Gasteiger partial charge in [-0.1, -0.05) is 54.6 Å². The van der Waals surface area contributed by atoms with E-state index < -0.39 is 5.97 Å². The van der Waals surface area contributed by atoms with Gasteiger partial charge < -0.3 is 9.84 Å². The van der Waals surface area contributed by atoms with E-state index in [4.69, 9.17) is 9.84 Å². The Kier molecular flexibility index (Phi) is 8.19. The number of rotatable bonds is 1. The molecule has 0 radical (unpaired) electrons. The van der Waals surface area contributed by atoms with Crippen molar-refractivity contribution >= 4 is 34.5 Å². The summed E-state index contributed by atoms with van der Waals surface area (Å²) >= 11 is 2.32. The van der Waals surface area contributed by atoms with Crippen LogP contribution >= 0.6 is 22.6 Å². The lowest BCUT2D eigenvalue weighted by Crippen LogP contribution is -1.97. The summed E-state index contributed by atoms with van der Waals surface area (Å²) in [7, 11) is 0. The summed E-state index contributed by atoms with van der Waals surface area (Å²) in [6, 6.07) is 22.7. The predicted molar refractivity (Wildman–Crippen MR) is 118 cm³/mol. The molecular formula is C23H21IO4. The maximum Gasteiger partial charge on any atom is 0.338 e. The predicted octanol–water partition coefficient (Wildman–Crippen LogP) is 5.65. The van der Waals surface area contributed by atoms with Crippen LogP contribution in [0.3, 0.4) is 0 Å². The van der Waals surface area contributed by atoms with Crippen LogP contribution in [0.5, 0.6) is 0 Å². The highest BCUT2D eigenvalue weighted by Crippen LogP contribution is 2.18. The molecule has 4 nitrogen and oxygen atoms in total. The number of aryl methyl sites for hydroxylation is 2. The van der Waals surface area contributed by atoms with Crippen LogP contribution in [-0.4, -0.2) is 17.0 Å². The number of carboxylic acid groups (broad SMARTS) is 1. The number of cyclic esters (lactones) is 1. The highest BCUT2D eigenvalue weighted by atomic mass is 127. The van der Waals surface area contributed by atoms with Gasteiger partial charge in [-0.2, -0.15) is 0 Å². The molecule has 0 spiro atoms. The number of halogens is 1. The van der Waals surface area contributed by atoms with Crippen molar-refractivity contribution in [3.05, 3.63) is 104 Å². The van der Waals surface area contributed by atoms with Crippen molar-refractivity contribution < 1.29 is 19.4 Å². The summed E-state index contributed by atoms with van der Waals surface area (Å²) in [6.45, 7) is 4.33. The van der Waals surface area contributed by atoms with Crippen molar-refractivity contribution in [2.24, 2.45) is 0 Å². The lowest BCUT2D eigenvalue weighted by Gasteiger charge is -1.96. The minimum absolute atomic E-state index is 0.199. The van der Waals surface area contributed by atoms with Gasteiger partial charge in [-0.3, -0.25) is 0 Å². The number of ether oxygens (including phenoxy) is 1. The third-order valence-electron chi connectivity index (χ3n) is 4.05. The third kappa shape index (κ3) is 6.20. The lowest BCUT2D eigenvalue weighted by molar-refractivity contribution is 0.0534. The Bertz CT molecular complexity index is 939. The molecule has 0 aromatic heterocycles. The van der Waals surface area contributed by atoms with Crippen LogP contribution < -0.4 is 0 Å². The molecule has 4 rings (SSSR count). The second-order valence-corrected chi connectivity index (χ2v) is 7.26. The van der Waals surface area contributed by atoms with Gasteiger partial charge in [0.2, 0.25) is 0 Å². The molecule has 1 aliphatic rings. The number of carbonyl (C=O) groups excluding carboxylic acids is 1. The van der Waals surface area contributed by atoms with Crippen molar-refractivity contribution in [3.63, 3.8) is 0 Å². The molecule has 0 atom stereocenters. The first-order valence-electron chi connectivity index (χ1n) is 8.65. The van der Waals surface area contributed by atoms with Crippen LogP contribution in [-0.2, 0) is 11.3 Å². The molecule has 1 N–H and O–H groups in total. The Morgan fingerprint density at radius 3 is 1.96 bits per heavy atom. The van der Waals surface area contributed by atoms with Crippen molar-refractivity contribution in [1.82, 2.24) is 0 Å². The van der Waals surface area contributed by atoms with Gasteiger partial charge in [-0.05, 0) is 65.8 Å². The van der Waals surface area contributed by atoms with Crippen molar-refractivity contribution in [2.45, 2.75) is 20.5 Å². The van der Waals surface area contributed by atoms with E-state index >= 15 is 0 Å². The van der Waals surface area contributed by atoms with E-state index in [0.29, 0.717) is 17.7 Å². The molecule has 1 aliphatic heterocycles. The maximum atomic E-state index is 10.8. The van der Waals surface area contributed by atoms with Gasteiger partial charge in [0, 0.05) is 9.13 Å². The van der Waals surface area contributed by atoms with E-state index in [1.165, 1.54) is 9.13 Å². The molecule has 1 heterocycles. The molecule has 0 fully saturated rings. The maximum absolute atomic E-state index is 10.8. The average Bonchev–Trinajstić information content (AvgIpc) is 3.07. The molecule has 3 aromatic rings. The van der Waals surface area contributed by atoms with Crippen LogP contribution in [0.25, 0.3) is 0 Å². The Morgan fingerprint density at radius 2 is 1.46 bits per heavy atom. The Hall–Kier alpha value is -2.67. The van der Waals surface area contributed by atoms with Gasteiger partial charge in [-0.15, -0.1) is 0 Å². The molecule has 0 aliphatic carbocycles. The zero-order valence-electron chi connectivity index (χ0n) is 15.7. The fourth-order valence-electron chi connectivity index (χ4n) is 2.43. The van der Waals surface area contributed by atoms with E-state index in [-0.39, 0.29) is 5.97 Å². The molecule has 5 heteroatoms. The fraction of sp³-hybridized carbons (Fsp3) is 0.130. The van der Waals surface area contributed by atoms with Crippen LogP contribution in [0.1, 0.15) is 37.4 Å². The van der Waals surface area contributed by atoms with Crippen LogP contribution in [0, 0.1) is 17.4 Å². The zero-order chi connectivity index (χ0) is 20.5. The third-order valence-corrected chi connectivity index (χ3v) is 5.26. The van der Waals surface area contributed by atoms with Crippen LogP contribution in [0.2, 0.25) is 0 Å². The molecule has 144 valence electrons. The molecule has 3 aromatic carbocycles. The first-order valence-corrected chi connectivity index (χ1v) is 9.73. The first-order chi connectivity index (χ1) is 13.4. The number of benzene rings is 3. The summed E-state index contributed by atoms with van der Waals surface area (Å²) < 4.78 is 6.12. The summed E-state index contributed by atoms with van der Waals surface area (Å²) in [5.74, 6) is -1.06. The molecule has 0 saturated heterocycles. The van der Waals surface area contributed by atoms with E-state index in [1.54, 1.807) is 31.2 Å². The minimum atomic E-state index is -0.863. The molecule has 0 amide bonds. The fourth-order valence-corrected chi connectivity index (χ4v) is 2.82. The van der Waals surface area contributed by atoms with E-state index in [2.05, 4.69) is 53.8 Å². The van der Waals surface area contributed by atoms with Gasteiger partial charge in [0.05, 0.1) is 11.1 Å².